The fourth-order valence-electron chi connectivity index (χ4n) is 7.37. The Morgan fingerprint density at radius 1 is 0.429 bits per heavy atom. The van der Waals surface area contributed by atoms with Gasteiger partial charge in [-0.3, -0.25) is 0 Å². The average Bonchev–Trinajstić information content (AvgIpc) is 3.19. The minimum atomic E-state index is -4.58. The van der Waals surface area contributed by atoms with E-state index in [4.69, 9.17) is 11.6 Å². The first kappa shape index (κ1) is 38.7. The molecule has 0 spiro atoms. The summed E-state index contributed by atoms with van der Waals surface area (Å²) in [6.07, 6.45) is -6.17. The first-order valence-corrected chi connectivity index (χ1v) is 18.8. The van der Waals surface area contributed by atoms with Crippen LogP contribution in [0.5, 0.6) is 0 Å². The number of alkyl halides is 6. The van der Waals surface area contributed by atoms with Gasteiger partial charge < -0.3 is 0 Å². The van der Waals surface area contributed by atoms with Gasteiger partial charge >= 0.3 is 12.4 Å². The van der Waals surface area contributed by atoms with Crippen LogP contribution in [0, 0.1) is 6.92 Å². The zero-order valence-electron chi connectivity index (χ0n) is 30.7. The van der Waals surface area contributed by atoms with Crippen molar-refractivity contribution in [2.24, 2.45) is 0 Å². The maximum absolute atomic E-state index is 14.0. The van der Waals surface area contributed by atoms with Gasteiger partial charge in [-0.25, -0.2) is 0 Å². The summed E-state index contributed by atoms with van der Waals surface area (Å²) in [7, 11) is 0. The van der Waals surface area contributed by atoms with E-state index in [2.05, 4.69) is 31.2 Å². The van der Waals surface area contributed by atoms with Crippen LogP contribution in [0.2, 0.25) is 5.02 Å². The largest absolute Gasteiger partial charge is 0.416 e. The Balaban J connectivity index is 1.75. The smallest absolute Gasteiger partial charge is 0.166 e. The molecular weight excluding hydrogens is 738 g/mol. The van der Waals surface area contributed by atoms with Crippen LogP contribution in [0.25, 0.3) is 66.8 Å². The second-order valence-corrected chi connectivity index (χ2v) is 14.4. The Kier molecular flexibility index (Phi) is 11.0. The highest BCUT2D eigenvalue weighted by Crippen LogP contribution is 2.56. The molecule has 0 N–H and O–H groups in total. The van der Waals surface area contributed by atoms with Gasteiger partial charge in [-0.05, 0) is 128 Å². The number of hydrogen-bond donors (Lipinski definition) is 0. The zero-order chi connectivity index (χ0) is 39.6. The van der Waals surface area contributed by atoms with E-state index in [0.29, 0.717) is 32.8 Å². The highest BCUT2D eigenvalue weighted by Gasteiger charge is 2.33. The van der Waals surface area contributed by atoms with Crippen molar-refractivity contribution in [3.63, 3.8) is 0 Å². The van der Waals surface area contributed by atoms with Crippen LogP contribution in [-0.4, -0.2) is 0 Å². The van der Waals surface area contributed by atoms with Crippen molar-refractivity contribution in [3.05, 3.63) is 179 Å². The highest BCUT2D eigenvalue weighted by molar-refractivity contribution is 6.30. The number of unbranched alkanes of at least 4 members (excludes halogenated alkanes) is 1. The summed E-state index contributed by atoms with van der Waals surface area (Å²) < 4.78 is 84.2. The van der Waals surface area contributed by atoms with Gasteiger partial charge in [0.15, 0.2) is 0 Å². The molecule has 0 unspecified atom stereocenters. The lowest BCUT2D eigenvalue weighted by Gasteiger charge is -2.29. The number of halogens is 7. The van der Waals surface area contributed by atoms with Gasteiger partial charge in [0, 0.05) is 5.02 Å². The van der Waals surface area contributed by atoms with Crippen molar-refractivity contribution in [3.8, 4) is 66.8 Å². The fraction of sp³-hybridized carbons (Fsp3) is 0.143. The van der Waals surface area contributed by atoms with Crippen LogP contribution in [0.15, 0.2) is 152 Å². The third-order valence-electron chi connectivity index (χ3n) is 10.1. The standard InChI is InChI=1S/C49H37ClF6/c1-3-4-10-32-14-16-34(17-15-32)45-42(33-11-6-5-7-12-33)44(37-22-28-41(50)29-23-37)43(35-18-24-39(25-19-35)48(51,52)53)46(47(45)38-13-8-9-31(2)30-38)36-20-26-40(27-21-36)49(54,55)56/h5-9,11-30H,3-4,10H2,1-2H3. The summed E-state index contributed by atoms with van der Waals surface area (Å²) in [4.78, 5) is 0. The van der Waals surface area contributed by atoms with Gasteiger partial charge in [0.1, 0.15) is 0 Å². The summed E-state index contributed by atoms with van der Waals surface area (Å²) in [5.74, 6) is 0. The molecule has 56 heavy (non-hydrogen) atoms. The molecule has 0 atom stereocenters. The summed E-state index contributed by atoms with van der Waals surface area (Å²) in [5, 5.41) is 0.494. The van der Waals surface area contributed by atoms with E-state index in [9.17, 15) is 26.3 Å². The molecular formula is C49H37ClF6. The van der Waals surface area contributed by atoms with Crippen LogP contribution in [0.1, 0.15) is 42.0 Å². The summed E-state index contributed by atoms with van der Waals surface area (Å²) in [5.41, 5.74) is 8.95. The van der Waals surface area contributed by atoms with E-state index in [0.717, 1.165) is 88.0 Å². The molecule has 7 heteroatoms. The molecule has 0 aliphatic rings. The normalized spacial score (nSPS) is 11.9. The molecule has 282 valence electrons. The van der Waals surface area contributed by atoms with Crippen LogP contribution >= 0.6 is 11.6 Å². The Labute approximate surface area is 328 Å². The van der Waals surface area contributed by atoms with Gasteiger partial charge in [0.05, 0.1) is 11.1 Å². The lowest BCUT2D eigenvalue weighted by molar-refractivity contribution is -0.138. The topological polar surface area (TPSA) is 0 Å². The summed E-state index contributed by atoms with van der Waals surface area (Å²) in [6, 6.07) is 43.4. The van der Waals surface area contributed by atoms with Gasteiger partial charge in [-0.2, -0.15) is 26.3 Å². The van der Waals surface area contributed by atoms with Crippen molar-refractivity contribution in [2.75, 3.05) is 0 Å². The molecule has 0 saturated heterocycles. The second-order valence-electron chi connectivity index (χ2n) is 13.9. The number of benzene rings is 7. The van der Waals surface area contributed by atoms with Gasteiger partial charge in [-0.1, -0.05) is 146 Å². The van der Waals surface area contributed by atoms with Gasteiger partial charge in [0.2, 0.25) is 0 Å². The predicted octanol–water partition coefficient (Wildman–Crippen LogP) is 16.0. The zero-order valence-corrected chi connectivity index (χ0v) is 31.5. The fourth-order valence-corrected chi connectivity index (χ4v) is 7.50. The minimum Gasteiger partial charge on any atom is -0.166 e. The average molecular weight is 775 g/mol. The van der Waals surface area contributed by atoms with Crippen LogP contribution in [0.3, 0.4) is 0 Å². The summed E-state index contributed by atoms with van der Waals surface area (Å²) in [6.45, 7) is 4.12. The van der Waals surface area contributed by atoms with E-state index in [1.807, 2.05) is 73.7 Å². The third kappa shape index (κ3) is 8.03. The van der Waals surface area contributed by atoms with E-state index in [-0.39, 0.29) is 0 Å². The Bertz CT molecular complexity index is 2440. The molecule has 0 bridgehead atoms. The molecule has 0 heterocycles. The Morgan fingerprint density at radius 3 is 1.21 bits per heavy atom. The lowest BCUT2D eigenvalue weighted by atomic mass is 9.74. The monoisotopic (exact) mass is 774 g/mol. The van der Waals surface area contributed by atoms with Crippen LogP contribution in [0.4, 0.5) is 26.3 Å². The number of rotatable bonds is 9. The lowest BCUT2D eigenvalue weighted by Crippen LogP contribution is -2.06. The van der Waals surface area contributed by atoms with Crippen molar-refractivity contribution in [2.45, 2.75) is 45.5 Å². The number of hydrogen-bond acceptors (Lipinski definition) is 0. The van der Waals surface area contributed by atoms with Crippen molar-refractivity contribution < 1.29 is 26.3 Å². The first-order chi connectivity index (χ1) is 26.8. The van der Waals surface area contributed by atoms with Gasteiger partial charge in [-0.15, -0.1) is 0 Å². The molecule has 7 aromatic rings. The second kappa shape index (κ2) is 15.9. The molecule has 0 aliphatic heterocycles. The maximum atomic E-state index is 14.0. The van der Waals surface area contributed by atoms with Crippen LogP contribution < -0.4 is 0 Å². The Morgan fingerprint density at radius 2 is 0.804 bits per heavy atom. The first-order valence-electron chi connectivity index (χ1n) is 18.4. The highest BCUT2D eigenvalue weighted by atomic mass is 35.5. The predicted molar refractivity (Wildman–Crippen MR) is 217 cm³/mol. The molecule has 0 amide bonds. The van der Waals surface area contributed by atoms with Crippen molar-refractivity contribution >= 4 is 11.6 Å². The van der Waals surface area contributed by atoms with Crippen molar-refractivity contribution in [1.82, 2.24) is 0 Å². The van der Waals surface area contributed by atoms with E-state index in [1.165, 1.54) is 29.8 Å². The van der Waals surface area contributed by atoms with E-state index < -0.39 is 23.5 Å². The maximum Gasteiger partial charge on any atom is 0.416 e. The molecule has 0 nitrogen and oxygen atoms in total. The molecule has 7 rings (SSSR count). The molecule has 7 aromatic carbocycles. The molecule has 0 saturated carbocycles. The van der Waals surface area contributed by atoms with E-state index >= 15 is 0 Å². The van der Waals surface area contributed by atoms with Gasteiger partial charge in [0.25, 0.3) is 0 Å². The molecule has 0 aliphatic carbocycles. The van der Waals surface area contributed by atoms with Crippen molar-refractivity contribution in [1.29, 1.82) is 0 Å². The summed E-state index contributed by atoms with van der Waals surface area (Å²) >= 11 is 6.45. The quantitative estimate of drug-likeness (QED) is 0.128. The molecule has 0 fully saturated rings. The third-order valence-corrected chi connectivity index (χ3v) is 10.3. The number of aryl methyl sites for hydroxylation is 2. The van der Waals surface area contributed by atoms with Crippen LogP contribution in [-0.2, 0) is 18.8 Å². The molecule has 0 radical (unpaired) electrons. The minimum absolute atomic E-state index is 0.463. The Hall–Kier alpha value is -5.59. The SMILES string of the molecule is CCCCc1ccc(-c2c(-c3ccccc3)c(-c3ccc(Cl)cc3)c(-c3ccc(C(F)(F)F)cc3)c(-c3ccc(C(F)(F)F)cc3)c2-c2cccc(C)c2)cc1. The van der Waals surface area contributed by atoms with E-state index in [1.54, 1.807) is 12.1 Å². The molecule has 0 aromatic heterocycles.